The van der Waals surface area contributed by atoms with Crippen LogP contribution in [0, 0.1) is 5.82 Å². The van der Waals surface area contributed by atoms with Crippen molar-refractivity contribution < 1.29 is 9.18 Å². The van der Waals surface area contributed by atoms with E-state index in [1.807, 2.05) is 12.1 Å². The summed E-state index contributed by atoms with van der Waals surface area (Å²) in [5.41, 5.74) is 2.31. The Hall–Kier alpha value is -2.87. The van der Waals surface area contributed by atoms with Gasteiger partial charge in [0.25, 0.3) is 0 Å². The molecule has 2 heterocycles. The first-order chi connectivity index (χ1) is 14.7. The van der Waals surface area contributed by atoms with Crippen molar-refractivity contribution in [3.8, 4) is 5.69 Å². The zero-order valence-electron chi connectivity index (χ0n) is 16.6. The van der Waals surface area contributed by atoms with Crippen LogP contribution in [0.3, 0.4) is 0 Å². The maximum Gasteiger partial charge on any atom is 0.234 e. The molecule has 0 atom stereocenters. The maximum atomic E-state index is 14.0. The number of amides is 1. The minimum atomic E-state index is -0.368. The number of thioether (sulfide) groups is 1. The number of aromatic nitrogens is 3. The largest absolute Gasteiger partial charge is 0.372 e. The van der Waals surface area contributed by atoms with E-state index in [9.17, 15) is 9.18 Å². The van der Waals surface area contributed by atoms with E-state index in [0.29, 0.717) is 10.8 Å². The molecule has 1 aromatic heterocycles. The number of nitrogens with zero attached hydrogens (tertiary/aromatic N) is 4. The van der Waals surface area contributed by atoms with E-state index in [4.69, 9.17) is 0 Å². The van der Waals surface area contributed by atoms with Crippen molar-refractivity contribution in [2.45, 2.75) is 30.8 Å². The number of hydrogen-bond acceptors (Lipinski definition) is 5. The van der Waals surface area contributed by atoms with Crippen LogP contribution in [-0.2, 0) is 4.79 Å². The molecule has 1 saturated heterocycles. The lowest BCUT2D eigenvalue weighted by atomic mass is 10.2. The number of carbonyl (C=O) groups is 1. The second-order valence-corrected chi connectivity index (χ2v) is 8.16. The first-order valence-electron chi connectivity index (χ1n) is 10.1. The van der Waals surface area contributed by atoms with Crippen molar-refractivity contribution in [2.24, 2.45) is 0 Å². The first-order valence-corrected chi connectivity index (χ1v) is 11.1. The number of nitrogens with one attached hydrogen (secondary N) is 1. The maximum absolute atomic E-state index is 14.0. The van der Waals surface area contributed by atoms with Crippen LogP contribution in [0.5, 0.6) is 0 Å². The molecule has 8 heteroatoms. The summed E-state index contributed by atoms with van der Waals surface area (Å²) in [7, 11) is 0. The Bertz CT molecular complexity index is 983. The molecule has 0 saturated carbocycles. The van der Waals surface area contributed by atoms with E-state index >= 15 is 0 Å². The van der Waals surface area contributed by atoms with Crippen LogP contribution in [0.2, 0.25) is 0 Å². The first kappa shape index (κ1) is 20.4. The molecule has 1 N–H and O–H groups in total. The van der Waals surface area contributed by atoms with Crippen LogP contribution in [0.15, 0.2) is 60.0 Å². The van der Waals surface area contributed by atoms with Crippen LogP contribution < -0.4 is 10.2 Å². The Kier molecular flexibility index (Phi) is 6.63. The Morgan fingerprint density at radius 1 is 1.03 bits per heavy atom. The lowest BCUT2D eigenvalue weighted by molar-refractivity contribution is -0.113. The molecule has 0 radical (unpaired) electrons. The molecule has 0 unspecified atom stereocenters. The van der Waals surface area contributed by atoms with Gasteiger partial charge in [-0.05, 0) is 49.2 Å². The van der Waals surface area contributed by atoms with Crippen LogP contribution in [-0.4, -0.2) is 39.5 Å². The third-order valence-corrected chi connectivity index (χ3v) is 6.03. The fraction of sp³-hybridized carbons (Fsp3) is 0.318. The van der Waals surface area contributed by atoms with Gasteiger partial charge in [-0.1, -0.05) is 36.7 Å². The van der Waals surface area contributed by atoms with Crippen molar-refractivity contribution in [1.82, 2.24) is 14.8 Å². The molecule has 2 aromatic carbocycles. The normalized spacial score (nSPS) is 14.4. The smallest absolute Gasteiger partial charge is 0.234 e. The Balaban J connectivity index is 1.34. The van der Waals surface area contributed by atoms with Gasteiger partial charge < -0.3 is 10.2 Å². The summed E-state index contributed by atoms with van der Waals surface area (Å²) < 4.78 is 15.6. The summed E-state index contributed by atoms with van der Waals surface area (Å²) in [6, 6.07) is 14.4. The van der Waals surface area contributed by atoms with Crippen LogP contribution in [0.4, 0.5) is 15.8 Å². The van der Waals surface area contributed by atoms with E-state index in [0.717, 1.165) is 18.8 Å². The number of halogens is 1. The lowest BCUT2D eigenvalue weighted by Gasteiger charge is -2.22. The zero-order valence-corrected chi connectivity index (χ0v) is 17.4. The molecule has 30 heavy (non-hydrogen) atoms. The average molecular weight is 426 g/mol. The van der Waals surface area contributed by atoms with Crippen LogP contribution >= 0.6 is 11.8 Å². The van der Waals surface area contributed by atoms with Gasteiger partial charge in [-0.2, -0.15) is 0 Å². The molecule has 0 spiro atoms. The Morgan fingerprint density at radius 3 is 2.50 bits per heavy atom. The van der Waals surface area contributed by atoms with Gasteiger partial charge in [-0.15, -0.1) is 10.2 Å². The van der Waals surface area contributed by atoms with Gasteiger partial charge in [0.05, 0.1) is 11.4 Å². The van der Waals surface area contributed by atoms with E-state index in [2.05, 4.69) is 32.5 Å². The van der Waals surface area contributed by atoms with Crippen molar-refractivity contribution in [2.75, 3.05) is 29.1 Å². The number of rotatable bonds is 6. The third-order valence-electron chi connectivity index (χ3n) is 5.08. The quantitative estimate of drug-likeness (QED) is 0.589. The van der Waals surface area contributed by atoms with Gasteiger partial charge >= 0.3 is 0 Å². The summed E-state index contributed by atoms with van der Waals surface area (Å²) in [5.74, 6) is -0.361. The fourth-order valence-corrected chi connectivity index (χ4v) is 4.27. The predicted molar refractivity (Wildman–Crippen MR) is 118 cm³/mol. The number of anilines is 2. The summed E-state index contributed by atoms with van der Waals surface area (Å²) in [4.78, 5) is 14.8. The average Bonchev–Trinajstić information content (AvgIpc) is 3.05. The molecule has 4 rings (SSSR count). The molecular weight excluding hydrogens is 401 g/mol. The monoisotopic (exact) mass is 425 g/mol. The molecular formula is C22H24FN5OS. The van der Waals surface area contributed by atoms with E-state index < -0.39 is 0 Å². The summed E-state index contributed by atoms with van der Waals surface area (Å²) >= 11 is 1.22. The second kappa shape index (κ2) is 9.75. The summed E-state index contributed by atoms with van der Waals surface area (Å²) in [5, 5.41) is 11.2. The zero-order chi connectivity index (χ0) is 20.8. The van der Waals surface area contributed by atoms with Crippen LogP contribution in [0.25, 0.3) is 5.69 Å². The second-order valence-electron chi connectivity index (χ2n) is 7.22. The molecule has 0 bridgehead atoms. The molecule has 1 fully saturated rings. The summed E-state index contributed by atoms with van der Waals surface area (Å²) in [6.07, 6.45) is 6.50. The molecule has 3 aromatic rings. The Labute approximate surface area is 179 Å². The van der Waals surface area contributed by atoms with Gasteiger partial charge in [0, 0.05) is 24.5 Å². The van der Waals surface area contributed by atoms with Gasteiger partial charge in [-0.3, -0.25) is 9.36 Å². The highest BCUT2D eigenvalue weighted by atomic mass is 32.2. The molecule has 6 nitrogen and oxygen atoms in total. The minimum Gasteiger partial charge on any atom is -0.372 e. The van der Waals surface area contributed by atoms with Gasteiger partial charge in [-0.25, -0.2) is 4.39 Å². The molecule has 1 amide bonds. The van der Waals surface area contributed by atoms with Crippen molar-refractivity contribution in [1.29, 1.82) is 0 Å². The standard InChI is InChI=1S/C22H24FN5OS/c23-19-7-3-4-8-20(19)28-16-24-26-22(28)30-15-21(29)25-17-9-11-18(12-10-17)27-13-5-1-2-6-14-27/h3-4,7-12,16H,1-2,5-6,13-15H2,(H,25,29). The van der Waals surface area contributed by atoms with Crippen molar-refractivity contribution in [3.63, 3.8) is 0 Å². The third kappa shape index (κ3) is 4.99. The molecule has 1 aliphatic rings. The minimum absolute atomic E-state index is 0.148. The van der Waals surface area contributed by atoms with Gasteiger partial charge in [0.1, 0.15) is 12.1 Å². The van der Waals surface area contributed by atoms with Crippen molar-refractivity contribution in [3.05, 3.63) is 60.7 Å². The van der Waals surface area contributed by atoms with E-state index in [-0.39, 0.29) is 17.5 Å². The highest BCUT2D eigenvalue weighted by molar-refractivity contribution is 7.99. The Morgan fingerprint density at radius 2 is 1.77 bits per heavy atom. The topological polar surface area (TPSA) is 63.1 Å². The number of para-hydroxylation sites is 1. The highest BCUT2D eigenvalue weighted by Crippen LogP contribution is 2.23. The predicted octanol–water partition coefficient (Wildman–Crippen LogP) is 4.52. The van der Waals surface area contributed by atoms with E-state index in [1.54, 1.807) is 22.8 Å². The lowest BCUT2D eigenvalue weighted by Crippen LogP contribution is -2.23. The fourth-order valence-electron chi connectivity index (χ4n) is 3.55. The van der Waals surface area contributed by atoms with Crippen molar-refractivity contribution >= 4 is 29.0 Å². The number of benzene rings is 2. The number of hydrogen-bond donors (Lipinski definition) is 1. The van der Waals surface area contributed by atoms with Gasteiger partial charge in [0.2, 0.25) is 5.91 Å². The SMILES string of the molecule is O=C(CSc1nncn1-c1ccccc1F)Nc1ccc(N2CCCCCC2)cc1. The molecule has 0 aliphatic carbocycles. The van der Waals surface area contributed by atoms with Crippen LogP contribution in [0.1, 0.15) is 25.7 Å². The highest BCUT2D eigenvalue weighted by Gasteiger charge is 2.13. The van der Waals surface area contributed by atoms with Gasteiger partial charge in [0.15, 0.2) is 5.16 Å². The number of carbonyl (C=O) groups excluding carboxylic acids is 1. The molecule has 156 valence electrons. The van der Waals surface area contributed by atoms with E-state index in [1.165, 1.54) is 55.5 Å². The molecule has 1 aliphatic heterocycles. The summed E-state index contributed by atoms with van der Waals surface area (Å²) in [6.45, 7) is 2.18.